The zero-order valence-electron chi connectivity index (χ0n) is 14.2. The molecule has 7 heteroatoms. The van der Waals surface area contributed by atoms with Gasteiger partial charge in [0.05, 0.1) is 19.6 Å². The number of nitriles is 1. The van der Waals surface area contributed by atoms with Gasteiger partial charge >= 0.3 is 5.97 Å². The summed E-state index contributed by atoms with van der Waals surface area (Å²) in [6.07, 6.45) is 0.144. The molecule has 0 aliphatic rings. The molecular weight excluding hydrogens is 336 g/mol. The zero-order valence-corrected chi connectivity index (χ0v) is 14.2. The molecule has 0 bridgehead atoms. The van der Waals surface area contributed by atoms with E-state index in [4.69, 9.17) is 14.7 Å². The number of aromatic hydroxyl groups is 1. The van der Waals surface area contributed by atoms with Crippen LogP contribution in [0.5, 0.6) is 11.5 Å². The molecule has 0 aliphatic carbocycles. The van der Waals surface area contributed by atoms with Gasteiger partial charge in [0, 0.05) is 12.2 Å². The summed E-state index contributed by atoms with van der Waals surface area (Å²) in [5, 5.41) is 18.7. The Balaban J connectivity index is 2.08. The molecule has 0 heterocycles. The molecule has 0 saturated heterocycles. The van der Waals surface area contributed by atoms with Gasteiger partial charge < -0.3 is 19.5 Å². The van der Waals surface area contributed by atoms with Crippen molar-refractivity contribution < 1.29 is 24.2 Å². The van der Waals surface area contributed by atoms with Crippen LogP contribution >= 0.6 is 0 Å². The lowest BCUT2D eigenvalue weighted by molar-refractivity contribution is -0.121. The van der Waals surface area contributed by atoms with Crippen LogP contribution in [0.2, 0.25) is 0 Å². The van der Waals surface area contributed by atoms with Crippen LogP contribution in [0.4, 0.5) is 5.69 Å². The number of hydrogen-bond acceptors (Lipinski definition) is 6. The Morgan fingerprint density at radius 1 is 1.15 bits per heavy atom. The van der Waals surface area contributed by atoms with E-state index in [-0.39, 0.29) is 30.0 Å². The molecular formula is C19H18N2O5. The maximum Gasteiger partial charge on any atom is 0.342 e. The summed E-state index contributed by atoms with van der Waals surface area (Å²) in [7, 11) is 1.36. The summed E-state index contributed by atoms with van der Waals surface area (Å²) in [5.74, 6) is -1.53. The number of phenols is 1. The molecule has 26 heavy (non-hydrogen) atoms. The van der Waals surface area contributed by atoms with Crippen LogP contribution in [-0.2, 0) is 9.53 Å². The highest BCUT2D eigenvalue weighted by Gasteiger charge is 2.20. The molecule has 1 N–H and O–H groups in total. The van der Waals surface area contributed by atoms with Gasteiger partial charge in [-0.1, -0.05) is 24.3 Å². The average molecular weight is 354 g/mol. The molecule has 134 valence electrons. The smallest absolute Gasteiger partial charge is 0.342 e. The maximum atomic E-state index is 12.4. The molecule has 0 saturated carbocycles. The molecule has 0 fully saturated rings. The number of carbonyl (C=O) groups excluding carboxylic acids is 2. The Hall–Kier alpha value is -3.53. The van der Waals surface area contributed by atoms with E-state index in [9.17, 15) is 14.7 Å². The number of carbonyl (C=O) groups is 2. The van der Waals surface area contributed by atoms with Gasteiger partial charge in [-0.25, -0.2) is 4.79 Å². The standard InChI is InChI=1S/C19H18N2O5/c1-25-16-10-5-9-15(18(16)23)19(24)26-13-17(22)21(12-6-11-20)14-7-3-2-4-8-14/h2-5,7-10,23H,6,12-13H2,1H3. The number of benzene rings is 2. The highest BCUT2D eigenvalue weighted by molar-refractivity contribution is 5.98. The molecule has 0 spiro atoms. The SMILES string of the molecule is COc1cccc(C(=O)OCC(=O)N(CCC#N)c2ccccc2)c1O. The van der Waals surface area contributed by atoms with Crippen LogP contribution in [-0.4, -0.2) is 37.2 Å². The lowest BCUT2D eigenvalue weighted by Gasteiger charge is -2.21. The van der Waals surface area contributed by atoms with E-state index < -0.39 is 18.5 Å². The van der Waals surface area contributed by atoms with Crippen LogP contribution in [0, 0.1) is 11.3 Å². The van der Waals surface area contributed by atoms with E-state index in [0.29, 0.717) is 5.69 Å². The second kappa shape index (κ2) is 9.08. The molecule has 2 aromatic rings. The highest BCUT2D eigenvalue weighted by Crippen LogP contribution is 2.29. The van der Waals surface area contributed by atoms with Crippen LogP contribution < -0.4 is 9.64 Å². The van der Waals surface area contributed by atoms with E-state index in [2.05, 4.69) is 0 Å². The van der Waals surface area contributed by atoms with Crippen molar-refractivity contribution in [3.05, 3.63) is 54.1 Å². The quantitative estimate of drug-likeness (QED) is 0.767. The third-order valence-corrected chi connectivity index (χ3v) is 3.58. The fraction of sp³-hybridized carbons (Fsp3) is 0.211. The van der Waals surface area contributed by atoms with Crippen molar-refractivity contribution in [2.75, 3.05) is 25.2 Å². The van der Waals surface area contributed by atoms with Crippen LogP contribution in [0.1, 0.15) is 16.8 Å². The summed E-state index contributed by atoms with van der Waals surface area (Å²) >= 11 is 0. The van der Waals surface area contributed by atoms with E-state index in [1.54, 1.807) is 24.3 Å². The van der Waals surface area contributed by atoms with Gasteiger partial charge in [-0.3, -0.25) is 4.79 Å². The number of hydrogen-bond donors (Lipinski definition) is 1. The Morgan fingerprint density at radius 3 is 2.54 bits per heavy atom. The van der Waals surface area contributed by atoms with Crippen LogP contribution in [0.15, 0.2) is 48.5 Å². The highest BCUT2D eigenvalue weighted by atomic mass is 16.5. The van der Waals surface area contributed by atoms with Crippen molar-refractivity contribution in [2.24, 2.45) is 0 Å². The molecule has 0 atom stereocenters. The van der Waals surface area contributed by atoms with E-state index in [0.717, 1.165) is 0 Å². The van der Waals surface area contributed by atoms with Crippen LogP contribution in [0.3, 0.4) is 0 Å². The number of para-hydroxylation sites is 2. The number of rotatable bonds is 7. The Kier molecular flexibility index (Phi) is 6.57. The van der Waals surface area contributed by atoms with Crippen molar-refractivity contribution in [3.8, 4) is 17.6 Å². The summed E-state index contributed by atoms with van der Waals surface area (Å²) < 4.78 is 9.96. The minimum absolute atomic E-state index is 0.0968. The Bertz CT molecular complexity index is 814. The maximum absolute atomic E-state index is 12.4. The fourth-order valence-electron chi connectivity index (χ4n) is 2.30. The molecule has 2 rings (SSSR count). The Morgan fingerprint density at radius 2 is 1.88 bits per heavy atom. The summed E-state index contributed by atoms with van der Waals surface area (Å²) in [4.78, 5) is 26.0. The summed E-state index contributed by atoms with van der Waals surface area (Å²) in [5.41, 5.74) is 0.508. The number of amides is 1. The first-order valence-electron chi connectivity index (χ1n) is 7.84. The van der Waals surface area contributed by atoms with Crippen molar-refractivity contribution in [3.63, 3.8) is 0 Å². The lowest BCUT2D eigenvalue weighted by Crippen LogP contribution is -2.35. The predicted molar refractivity (Wildman–Crippen MR) is 94.0 cm³/mol. The van der Waals surface area contributed by atoms with E-state index in [1.165, 1.54) is 30.2 Å². The zero-order chi connectivity index (χ0) is 18.9. The molecule has 2 aromatic carbocycles. The van der Waals surface area contributed by atoms with E-state index >= 15 is 0 Å². The monoisotopic (exact) mass is 354 g/mol. The molecule has 0 unspecified atom stereocenters. The normalized spacial score (nSPS) is 9.85. The minimum atomic E-state index is -0.844. The topological polar surface area (TPSA) is 99.9 Å². The molecule has 0 aromatic heterocycles. The average Bonchev–Trinajstić information content (AvgIpc) is 2.67. The van der Waals surface area contributed by atoms with E-state index in [1.807, 2.05) is 12.1 Å². The molecule has 7 nitrogen and oxygen atoms in total. The number of phenolic OH excluding ortho intramolecular Hbond substituents is 1. The Labute approximate surface area is 151 Å². The van der Waals surface area contributed by atoms with Gasteiger partial charge in [-0.2, -0.15) is 5.26 Å². The van der Waals surface area contributed by atoms with Crippen molar-refractivity contribution in [1.82, 2.24) is 0 Å². The largest absolute Gasteiger partial charge is 0.504 e. The summed E-state index contributed by atoms with van der Waals surface area (Å²) in [6, 6.07) is 15.2. The number of esters is 1. The second-order valence-corrected chi connectivity index (χ2v) is 5.22. The molecule has 0 radical (unpaired) electrons. The summed E-state index contributed by atoms with van der Waals surface area (Å²) in [6.45, 7) is -0.336. The van der Waals surface area contributed by atoms with Gasteiger partial charge in [-0.05, 0) is 24.3 Å². The molecule has 1 amide bonds. The third-order valence-electron chi connectivity index (χ3n) is 3.58. The first-order chi connectivity index (χ1) is 12.6. The van der Waals surface area contributed by atoms with Gasteiger partial charge in [0.15, 0.2) is 18.1 Å². The number of methoxy groups -OCH3 is 1. The number of nitrogens with zero attached hydrogens (tertiary/aromatic N) is 2. The predicted octanol–water partition coefficient (Wildman–Crippen LogP) is 2.50. The number of ether oxygens (including phenoxy) is 2. The van der Waals surface area contributed by atoms with Crippen molar-refractivity contribution >= 4 is 17.6 Å². The van der Waals surface area contributed by atoms with Crippen molar-refractivity contribution in [2.45, 2.75) is 6.42 Å². The van der Waals surface area contributed by atoms with Gasteiger partial charge in [0.2, 0.25) is 0 Å². The fourth-order valence-corrected chi connectivity index (χ4v) is 2.30. The van der Waals surface area contributed by atoms with Crippen molar-refractivity contribution in [1.29, 1.82) is 5.26 Å². The third kappa shape index (κ3) is 4.51. The second-order valence-electron chi connectivity index (χ2n) is 5.22. The van der Waals surface area contributed by atoms with Crippen LogP contribution in [0.25, 0.3) is 0 Å². The lowest BCUT2D eigenvalue weighted by atomic mass is 10.2. The number of anilines is 1. The first kappa shape index (κ1) is 18.8. The first-order valence-corrected chi connectivity index (χ1v) is 7.84. The van der Waals surface area contributed by atoms with Gasteiger partial charge in [0.25, 0.3) is 5.91 Å². The minimum Gasteiger partial charge on any atom is -0.504 e. The molecule has 0 aliphatic heterocycles. The van der Waals surface area contributed by atoms with Gasteiger partial charge in [0.1, 0.15) is 5.56 Å². The van der Waals surface area contributed by atoms with Gasteiger partial charge in [-0.15, -0.1) is 0 Å².